The maximum Gasteiger partial charge on any atom is 0.261 e. The van der Waals surface area contributed by atoms with E-state index < -0.39 is 0 Å². The molecule has 0 aliphatic rings. The van der Waals surface area contributed by atoms with Gasteiger partial charge in [-0.1, -0.05) is 18.2 Å². The first-order valence-corrected chi connectivity index (χ1v) is 7.08. The number of nitrogens with zero attached hydrogens (tertiary/aromatic N) is 1. The maximum absolute atomic E-state index is 12.5. The Morgan fingerprint density at radius 1 is 1.14 bits per heavy atom. The van der Waals surface area contributed by atoms with Gasteiger partial charge in [0.2, 0.25) is 5.88 Å². The third kappa shape index (κ3) is 3.83. The van der Waals surface area contributed by atoms with Gasteiger partial charge in [0, 0.05) is 19.0 Å². The first-order valence-electron chi connectivity index (χ1n) is 7.08. The second-order valence-electron chi connectivity index (χ2n) is 4.92. The van der Waals surface area contributed by atoms with E-state index in [9.17, 15) is 4.79 Å². The van der Waals surface area contributed by atoms with Crippen LogP contribution in [0.25, 0.3) is 0 Å². The van der Waals surface area contributed by atoms with Crippen molar-refractivity contribution in [1.29, 1.82) is 0 Å². The summed E-state index contributed by atoms with van der Waals surface area (Å²) in [6.45, 7) is 4.70. The van der Waals surface area contributed by atoms with E-state index in [1.165, 1.54) is 0 Å². The Bertz CT molecular complexity index is 636. The average Bonchev–Trinajstić information content (AvgIpc) is 2.51. The minimum Gasteiger partial charge on any atom is -0.475 e. The molecule has 1 amide bonds. The molecule has 0 aliphatic heterocycles. The number of anilines is 1. The largest absolute Gasteiger partial charge is 0.475 e. The fourth-order valence-electron chi connectivity index (χ4n) is 2.09. The first kappa shape index (κ1) is 16.0. The third-order valence-electron chi connectivity index (χ3n) is 3.26. The highest BCUT2D eigenvalue weighted by Crippen LogP contribution is 2.22. The van der Waals surface area contributed by atoms with Crippen molar-refractivity contribution in [2.24, 2.45) is 0 Å². The van der Waals surface area contributed by atoms with Gasteiger partial charge in [0.25, 0.3) is 5.91 Å². The zero-order valence-corrected chi connectivity index (χ0v) is 13.1. The fourth-order valence-corrected chi connectivity index (χ4v) is 2.09. The molecule has 22 heavy (non-hydrogen) atoms. The van der Waals surface area contributed by atoms with Crippen LogP contribution in [-0.2, 0) is 4.74 Å². The Hall–Kier alpha value is -2.40. The Labute approximate surface area is 130 Å². The minimum atomic E-state index is -0.238. The molecule has 0 unspecified atom stereocenters. The Morgan fingerprint density at radius 2 is 1.86 bits per heavy atom. The van der Waals surface area contributed by atoms with E-state index in [-0.39, 0.29) is 5.91 Å². The molecule has 5 nitrogen and oxygen atoms in total. The molecule has 0 saturated heterocycles. The normalized spacial score (nSPS) is 10.3. The van der Waals surface area contributed by atoms with Crippen LogP contribution in [0.2, 0.25) is 0 Å². The van der Waals surface area contributed by atoms with Crippen LogP contribution >= 0.6 is 0 Å². The number of hydrogen-bond donors (Lipinski definition) is 1. The van der Waals surface area contributed by atoms with Crippen molar-refractivity contribution in [3.63, 3.8) is 0 Å². The van der Waals surface area contributed by atoms with E-state index in [0.717, 1.165) is 16.8 Å². The summed E-state index contributed by atoms with van der Waals surface area (Å²) in [7, 11) is 1.59. The third-order valence-corrected chi connectivity index (χ3v) is 3.26. The lowest BCUT2D eigenvalue weighted by Gasteiger charge is -2.13. The number of methoxy groups -OCH3 is 1. The molecule has 1 aromatic heterocycles. The van der Waals surface area contributed by atoms with Crippen LogP contribution in [0.3, 0.4) is 0 Å². The number of rotatable bonds is 6. The van der Waals surface area contributed by atoms with Gasteiger partial charge in [0.05, 0.1) is 6.61 Å². The van der Waals surface area contributed by atoms with E-state index >= 15 is 0 Å². The number of aromatic nitrogens is 1. The zero-order chi connectivity index (χ0) is 15.9. The van der Waals surface area contributed by atoms with Gasteiger partial charge in [-0.2, -0.15) is 0 Å². The summed E-state index contributed by atoms with van der Waals surface area (Å²) >= 11 is 0. The molecule has 5 heteroatoms. The second kappa shape index (κ2) is 7.56. The number of carbonyl (C=O) groups is 1. The Balaban J connectivity index is 2.19. The first-order chi connectivity index (χ1) is 10.6. The Morgan fingerprint density at radius 3 is 2.55 bits per heavy atom. The molecule has 0 fully saturated rings. The van der Waals surface area contributed by atoms with Crippen molar-refractivity contribution in [1.82, 2.24) is 4.98 Å². The minimum absolute atomic E-state index is 0.238. The average molecular weight is 300 g/mol. The van der Waals surface area contributed by atoms with Gasteiger partial charge in [0.1, 0.15) is 12.2 Å². The van der Waals surface area contributed by atoms with E-state index in [2.05, 4.69) is 10.3 Å². The van der Waals surface area contributed by atoms with E-state index in [1.54, 1.807) is 25.4 Å². The lowest BCUT2D eigenvalue weighted by atomic mass is 10.1. The monoisotopic (exact) mass is 300 g/mol. The van der Waals surface area contributed by atoms with Crippen molar-refractivity contribution in [3.8, 4) is 5.88 Å². The number of pyridine rings is 1. The fraction of sp³-hybridized carbons (Fsp3) is 0.294. The number of para-hydroxylation sites is 1. The molecule has 1 aromatic carbocycles. The number of benzene rings is 1. The van der Waals surface area contributed by atoms with E-state index in [0.29, 0.717) is 24.7 Å². The molecule has 116 valence electrons. The molecule has 1 N–H and O–H groups in total. The van der Waals surface area contributed by atoms with Crippen LogP contribution in [-0.4, -0.2) is 31.2 Å². The van der Waals surface area contributed by atoms with Crippen LogP contribution in [0.5, 0.6) is 5.88 Å². The van der Waals surface area contributed by atoms with Crippen LogP contribution in [0, 0.1) is 13.8 Å². The van der Waals surface area contributed by atoms with Gasteiger partial charge in [-0.25, -0.2) is 4.98 Å². The van der Waals surface area contributed by atoms with Crippen molar-refractivity contribution in [3.05, 3.63) is 53.2 Å². The van der Waals surface area contributed by atoms with Gasteiger partial charge >= 0.3 is 0 Å². The number of ether oxygens (including phenoxy) is 2. The topological polar surface area (TPSA) is 60.5 Å². The van der Waals surface area contributed by atoms with Crippen LogP contribution in [0.15, 0.2) is 36.5 Å². The summed E-state index contributed by atoms with van der Waals surface area (Å²) in [4.78, 5) is 16.6. The highest BCUT2D eigenvalue weighted by Gasteiger charge is 2.15. The molecule has 2 aromatic rings. The predicted molar refractivity (Wildman–Crippen MR) is 85.5 cm³/mol. The lowest BCUT2D eigenvalue weighted by molar-refractivity contribution is 0.101. The molecule has 1 heterocycles. The standard InChI is InChI=1S/C17H20N2O3/c1-12-6-4-7-13(2)15(12)19-16(20)14-8-5-9-18-17(14)22-11-10-21-3/h4-9H,10-11H2,1-3H3,(H,19,20). The molecule has 0 aliphatic carbocycles. The SMILES string of the molecule is COCCOc1ncccc1C(=O)Nc1c(C)cccc1C. The quantitative estimate of drug-likeness (QED) is 0.833. The van der Waals surface area contributed by atoms with Crippen LogP contribution in [0.1, 0.15) is 21.5 Å². The molecule has 0 radical (unpaired) electrons. The predicted octanol–water partition coefficient (Wildman–Crippen LogP) is 2.98. The summed E-state index contributed by atoms with van der Waals surface area (Å²) in [6.07, 6.45) is 1.60. The molecular weight excluding hydrogens is 280 g/mol. The smallest absolute Gasteiger partial charge is 0.261 e. The molecule has 0 saturated carbocycles. The summed E-state index contributed by atoms with van der Waals surface area (Å²) in [5, 5.41) is 2.94. The summed E-state index contributed by atoms with van der Waals surface area (Å²) in [5.41, 5.74) is 3.25. The highest BCUT2D eigenvalue weighted by molar-refractivity contribution is 6.06. The van der Waals surface area contributed by atoms with Gasteiger partial charge in [-0.3, -0.25) is 4.79 Å². The van der Waals surface area contributed by atoms with Gasteiger partial charge < -0.3 is 14.8 Å². The Kier molecular flexibility index (Phi) is 5.49. The summed E-state index contributed by atoms with van der Waals surface area (Å²) < 4.78 is 10.4. The van der Waals surface area contributed by atoms with Crippen LogP contribution < -0.4 is 10.1 Å². The maximum atomic E-state index is 12.5. The lowest BCUT2D eigenvalue weighted by Crippen LogP contribution is -2.16. The molecule has 2 rings (SSSR count). The second-order valence-corrected chi connectivity index (χ2v) is 4.92. The highest BCUT2D eigenvalue weighted by atomic mass is 16.5. The molecular formula is C17H20N2O3. The van der Waals surface area contributed by atoms with Crippen molar-refractivity contribution in [2.45, 2.75) is 13.8 Å². The zero-order valence-electron chi connectivity index (χ0n) is 13.1. The van der Waals surface area contributed by atoms with Gasteiger partial charge in [0.15, 0.2) is 0 Å². The van der Waals surface area contributed by atoms with Crippen LogP contribution in [0.4, 0.5) is 5.69 Å². The van der Waals surface area contributed by atoms with Crippen molar-refractivity contribution in [2.75, 3.05) is 25.6 Å². The summed E-state index contributed by atoms with van der Waals surface area (Å²) in [5.74, 6) is 0.0706. The van der Waals surface area contributed by atoms with Crippen molar-refractivity contribution >= 4 is 11.6 Å². The molecule has 0 atom stereocenters. The number of hydrogen-bond acceptors (Lipinski definition) is 4. The van der Waals surface area contributed by atoms with Gasteiger partial charge in [-0.05, 0) is 37.1 Å². The summed E-state index contributed by atoms with van der Waals surface area (Å²) in [6, 6.07) is 9.29. The number of aryl methyl sites for hydroxylation is 2. The van der Waals surface area contributed by atoms with E-state index in [4.69, 9.17) is 9.47 Å². The van der Waals surface area contributed by atoms with Gasteiger partial charge in [-0.15, -0.1) is 0 Å². The number of carbonyl (C=O) groups excluding carboxylic acids is 1. The van der Waals surface area contributed by atoms with Crippen molar-refractivity contribution < 1.29 is 14.3 Å². The van der Waals surface area contributed by atoms with E-state index in [1.807, 2.05) is 32.0 Å². The number of amides is 1. The molecule has 0 spiro atoms. The number of nitrogens with one attached hydrogen (secondary N) is 1. The molecule has 0 bridgehead atoms.